The number of rotatable bonds is 3. The third-order valence-electron chi connectivity index (χ3n) is 1.95. The van der Waals surface area contributed by atoms with E-state index in [2.05, 4.69) is 10.2 Å². The Balaban J connectivity index is 2.77. The van der Waals surface area contributed by atoms with Crippen molar-refractivity contribution in [1.29, 1.82) is 0 Å². The number of anilines is 1. The summed E-state index contributed by atoms with van der Waals surface area (Å²) in [4.78, 5) is 16.0. The third-order valence-corrected chi connectivity index (χ3v) is 1.95. The maximum Gasteiger partial charge on any atom is 0.412 e. The van der Waals surface area contributed by atoms with Crippen LogP contribution >= 0.6 is 0 Å². The van der Waals surface area contributed by atoms with Crippen LogP contribution in [0.2, 0.25) is 0 Å². The van der Waals surface area contributed by atoms with Gasteiger partial charge in [-0.2, -0.15) is 0 Å². The summed E-state index contributed by atoms with van der Waals surface area (Å²) in [6.45, 7) is 5.45. The van der Waals surface area contributed by atoms with Gasteiger partial charge in [0.1, 0.15) is 11.4 Å². The molecule has 0 aliphatic heterocycles. The molecule has 0 aliphatic carbocycles. The van der Waals surface area contributed by atoms with Gasteiger partial charge in [-0.05, 0) is 38.5 Å². The molecule has 100 valence electrons. The maximum absolute atomic E-state index is 11.5. The van der Waals surface area contributed by atoms with Gasteiger partial charge in [0.15, 0.2) is 0 Å². The van der Waals surface area contributed by atoms with E-state index in [0.29, 0.717) is 0 Å². The summed E-state index contributed by atoms with van der Waals surface area (Å²) in [7, 11) is 0. The molecular weight excluding hydrogens is 236 g/mol. The van der Waals surface area contributed by atoms with Crippen molar-refractivity contribution < 1.29 is 19.5 Å². The maximum atomic E-state index is 11.5. The summed E-state index contributed by atoms with van der Waals surface area (Å²) in [5.41, 5.74) is 0.373. The first-order valence-corrected chi connectivity index (χ1v) is 5.45. The molecule has 0 fully saturated rings. The van der Waals surface area contributed by atoms with Crippen LogP contribution in [0.25, 0.3) is 0 Å². The van der Waals surface area contributed by atoms with E-state index in [-0.39, 0.29) is 18.0 Å². The minimum Gasteiger partial charge on any atom is -0.506 e. The molecule has 18 heavy (non-hydrogen) atoms. The summed E-state index contributed by atoms with van der Waals surface area (Å²) >= 11 is 0. The average molecular weight is 254 g/mol. The van der Waals surface area contributed by atoms with Crippen LogP contribution in [0.1, 0.15) is 26.3 Å². The van der Waals surface area contributed by atoms with Crippen LogP contribution < -0.4 is 11.2 Å². The molecule has 1 amide bonds. The van der Waals surface area contributed by atoms with E-state index in [1.54, 1.807) is 32.9 Å². The lowest BCUT2D eigenvalue weighted by molar-refractivity contribution is 0.0635. The van der Waals surface area contributed by atoms with Gasteiger partial charge in [0.25, 0.3) is 0 Å². The molecule has 0 saturated heterocycles. The highest BCUT2D eigenvalue weighted by molar-refractivity contribution is 5.87. The van der Waals surface area contributed by atoms with Crippen molar-refractivity contribution in [3.63, 3.8) is 0 Å². The minimum absolute atomic E-state index is 0.0540. The molecule has 0 unspecified atom stereocenters. The van der Waals surface area contributed by atoms with E-state index in [4.69, 9.17) is 10.6 Å². The summed E-state index contributed by atoms with van der Waals surface area (Å²) in [5, 5.41) is 12.1. The van der Waals surface area contributed by atoms with Gasteiger partial charge in [0.2, 0.25) is 0 Å². The van der Waals surface area contributed by atoms with Crippen molar-refractivity contribution in [1.82, 2.24) is 0 Å². The summed E-state index contributed by atoms with van der Waals surface area (Å²) < 4.78 is 5.08. The van der Waals surface area contributed by atoms with Crippen molar-refractivity contribution in [2.75, 3.05) is 5.32 Å². The molecule has 4 N–H and O–H groups in total. The molecular formula is C12H18N2O4. The fraction of sp³-hybridized carbons (Fsp3) is 0.417. The van der Waals surface area contributed by atoms with Gasteiger partial charge >= 0.3 is 6.09 Å². The zero-order valence-electron chi connectivity index (χ0n) is 10.7. The smallest absolute Gasteiger partial charge is 0.412 e. The summed E-state index contributed by atoms with van der Waals surface area (Å²) in [6.07, 6.45) is -0.636. The Bertz CT molecular complexity index is 427. The third kappa shape index (κ3) is 4.60. The Morgan fingerprint density at radius 3 is 2.67 bits per heavy atom. The SMILES string of the molecule is CC(C)(C)OC(=O)Nc1cc(CON)ccc1O. The lowest BCUT2D eigenvalue weighted by Gasteiger charge is -2.20. The van der Waals surface area contributed by atoms with E-state index >= 15 is 0 Å². The van der Waals surface area contributed by atoms with Crippen LogP contribution in [0.15, 0.2) is 18.2 Å². The molecule has 0 radical (unpaired) electrons. The van der Waals surface area contributed by atoms with Crippen molar-refractivity contribution in [2.24, 2.45) is 5.90 Å². The van der Waals surface area contributed by atoms with Crippen LogP contribution in [0.4, 0.5) is 10.5 Å². The summed E-state index contributed by atoms with van der Waals surface area (Å²) in [6, 6.07) is 4.65. The molecule has 6 heteroatoms. The van der Waals surface area contributed by atoms with Crippen LogP contribution in [-0.4, -0.2) is 16.8 Å². The zero-order chi connectivity index (χ0) is 13.8. The number of carbonyl (C=O) groups excluding carboxylic acids is 1. The van der Waals surface area contributed by atoms with E-state index in [0.717, 1.165) is 5.56 Å². The second kappa shape index (κ2) is 5.70. The second-order valence-corrected chi connectivity index (χ2v) is 4.79. The molecule has 1 aromatic carbocycles. The molecule has 0 heterocycles. The number of amides is 1. The zero-order valence-corrected chi connectivity index (χ0v) is 10.7. The molecule has 1 rings (SSSR count). The average Bonchev–Trinajstić information content (AvgIpc) is 2.20. The highest BCUT2D eigenvalue weighted by Gasteiger charge is 2.17. The Labute approximate surface area is 106 Å². The highest BCUT2D eigenvalue weighted by atomic mass is 16.6. The van der Waals surface area contributed by atoms with Gasteiger partial charge in [-0.15, -0.1) is 0 Å². The number of hydrogen-bond acceptors (Lipinski definition) is 5. The van der Waals surface area contributed by atoms with Gasteiger partial charge in [-0.25, -0.2) is 10.7 Å². The number of carbonyl (C=O) groups is 1. The van der Waals surface area contributed by atoms with Gasteiger partial charge in [0.05, 0.1) is 12.3 Å². The molecule has 0 bridgehead atoms. The molecule has 0 saturated carbocycles. The first-order valence-electron chi connectivity index (χ1n) is 5.45. The number of aromatic hydroxyl groups is 1. The predicted molar refractivity (Wildman–Crippen MR) is 66.9 cm³/mol. The summed E-state index contributed by atoms with van der Waals surface area (Å²) in [5.74, 6) is 4.90. The van der Waals surface area contributed by atoms with Gasteiger partial charge in [-0.1, -0.05) is 6.07 Å². The molecule has 0 aliphatic rings. The lowest BCUT2D eigenvalue weighted by Crippen LogP contribution is -2.27. The number of hydrogen-bond donors (Lipinski definition) is 3. The van der Waals surface area contributed by atoms with E-state index < -0.39 is 11.7 Å². The van der Waals surface area contributed by atoms with E-state index in [1.807, 2.05) is 0 Å². The first-order chi connectivity index (χ1) is 8.31. The van der Waals surface area contributed by atoms with Crippen molar-refractivity contribution in [3.05, 3.63) is 23.8 Å². The standard InChI is InChI=1S/C12H18N2O4/c1-12(2,3)18-11(16)14-9-6-8(7-17-13)4-5-10(9)15/h4-6,15H,7,13H2,1-3H3,(H,14,16). The predicted octanol–water partition coefficient (Wildman–Crippen LogP) is 2.13. The molecule has 0 spiro atoms. The lowest BCUT2D eigenvalue weighted by atomic mass is 10.2. The number of ether oxygens (including phenoxy) is 1. The Kier molecular flexibility index (Phi) is 4.52. The molecule has 0 atom stereocenters. The van der Waals surface area contributed by atoms with E-state index in [1.165, 1.54) is 6.07 Å². The first kappa shape index (κ1) is 14.3. The van der Waals surface area contributed by atoms with Crippen LogP contribution in [0.3, 0.4) is 0 Å². The number of nitrogens with one attached hydrogen (secondary N) is 1. The fourth-order valence-electron chi connectivity index (χ4n) is 1.28. The Morgan fingerprint density at radius 1 is 1.44 bits per heavy atom. The van der Waals surface area contributed by atoms with Crippen molar-refractivity contribution >= 4 is 11.8 Å². The largest absolute Gasteiger partial charge is 0.506 e. The van der Waals surface area contributed by atoms with E-state index in [9.17, 15) is 9.90 Å². The van der Waals surface area contributed by atoms with Crippen molar-refractivity contribution in [3.8, 4) is 5.75 Å². The number of nitrogens with two attached hydrogens (primary N) is 1. The molecule has 6 nitrogen and oxygen atoms in total. The number of phenols is 1. The van der Waals surface area contributed by atoms with Gasteiger partial charge in [0, 0.05) is 0 Å². The topological polar surface area (TPSA) is 93.8 Å². The quantitative estimate of drug-likeness (QED) is 0.567. The number of benzene rings is 1. The molecule has 0 aromatic heterocycles. The van der Waals surface area contributed by atoms with Crippen molar-refractivity contribution in [2.45, 2.75) is 33.0 Å². The van der Waals surface area contributed by atoms with Crippen LogP contribution in [-0.2, 0) is 16.2 Å². The number of phenolic OH excluding ortho intramolecular Hbond substituents is 1. The van der Waals surface area contributed by atoms with Crippen LogP contribution in [0, 0.1) is 0 Å². The monoisotopic (exact) mass is 254 g/mol. The normalized spacial score (nSPS) is 11.1. The Hall–Kier alpha value is -1.79. The minimum atomic E-state index is -0.636. The van der Waals surface area contributed by atoms with Crippen LogP contribution in [0.5, 0.6) is 5.75 Å². The molecule has 1 aromatic rings. The van der Waals surface area contributed by atoms with Gasteiger partial charge < -0.3 is 9.84 Å². The Morgan fingerprint density at radius 2 is 2.11 bits per heavy atom. The van der Waals surface area contributed by atoms with Gasteiger partial charge in [-0.3, -0.25) is 10.2 Å². The fourth-order valence-corrected chi connectivity index (χ4v) is 1.28. The second-order valence-electron chi connectivity index (χ2n) is 4.79. The highest BCUT2D eigenvalue weighted by Crippen LogP contribution is 2.25.